The summed E-state index contributed by atoms with van der Waals surface area (Å²) >= 11 is 0. The highest BCUT2D eigenvalue weighted by atomic mass is 16.3. The van der Waals surface area contributed by atoms with Gasteiger partial charge in [-0.15, -0.1) is 5.92 Å². The van der Waals surface area contributed by atoms with Gasteiger partial charge in [0.25, 0.3) is 0 Å². The highest BCUT2D eigenvalue weighted by Gasteiger charge is 2.02. The molecule has 1 atom stereocenters. The van der Waals surface area contributed by atoms with E-state index in [1.165, 1.54) is 0 Å². The zero-order valence-corrected chi connectivity index (χ0v) is 5.63. The first-order valence-electron chi connectivity index (χ1n) is 2.93. The van der Waals surface area contributed by atoms with Crippen molar-refractivity contribution >= 4 is 0 Å². The SMILES string of the molecule is CC#CC(O)c1cn[nH]c1. The minimum absolute atomic E-state index is 0.703. The van der Waals surface area contributed by atoms with Crippen molar-refractivity contribution in [1.29, 1.82) is 0 Å². The lowest BCUT2D eigenvalue weighted by Gasteiger charge is -1.94. The maximum Gasteiger partial charge on any atom is 0.143 e. The second-order valence-corrected chi connectivity index (χ2v) is 1.83. The summed E-state index contributed by atoms with van der Waals surface area (Å²) in [5, 5.41) is 15.4. The average molecular weight is 136 g/mol. The molecular weight excluding hydrogens is 128 g/mol. The van der Waals surface area contributed by atoms with Crippen LogP contribution in [-0.2, 0) is 0 Å². The van der Waals surface area contributed by atoms with Gasteiger partial charge < -0.3 is 5.11 Å². The van der Waals surface area contributed by atoms with E-state index in [9.17, 15) is 5.11 Å². The Morgan fingerprint density at radius 1 is 1.80 bits per heavy atom. The van der Waals surface area contributed by atoms with Crippen LogP contribution in [0.5, 0.6) is 0 Å². The molecule has 0 saturated carbocycles. The van der Waals surface area contributed by atoms with Gasteiger partial charge in [-0.25, -0.2) is 0 Å². The Morgan fingerprint density at radius 2 is 2.60 bits per heavy atom. The maximum atomic E-state index is 9.18. The van der Waals surface area contributed by atoms with Gasteiger partial charge in [0.2, 0.25) is 0 Å². The normalized spacial score (nSPS) is 11.8. The first kappa shape index (κ1) is 6.84. The predicted octanol–water partition coefficient (Wildman–Crippen LogP) is 0.466. The smallest absolute Gasteiger partial charge is 0.143 e. The topological polar surface area (TPSA) is 48.9 Å². The van der Waals surface area contributed by atoms with Crippen molar-refractivity contribution in [3.63, 3.8) is 0 Å². The van der Waals surface area contributed by atoms with Crippen molar-refractivity contribution in [1.82, 2.24) is 10.2 Å². The van der Waals surface area contributed by atoms with Crippen LogP contribution in [0.1, 0.15) is 18.6 Å². The number of hydrogen-bond donors (Lipinski definition) is 2. The molecular formula is C7H8N2O. The molecule has 1 heterocycles. The van der Waals surface area contributed by atoms with Crippen LogP contribution in [0.4, 0.5) is 0 Å². The monoisotopic (exact) mass is 136 g/mol. The zero-order valence-electron chi connectivity index (χ0n) is 5.63. The number of nitrogens with zero attached hydrogens (tertiary/aromatic N) is 1. The number of nitrogens with one attached hydrogen (secondary N) is 1. The van der Waals surface area contributed by atoms with Crippen LogP contribution in [0, 0.1) is 11.8 Å². The number of hydrogen-bond acceptors (Lipinski definition) is 2. The van der Waals surface area contributed by atoms with E-state index in [0.29, 0.717) is 5.56 Å². The second-order valence-electron chi connectivity index (χ2n) is 1.83. The largest absolute Gasteiger partial charge is 0.376 e. The van der Waals surface area contributed by atoms with Gasteiger partial charge in [-0.3, -0.25) is 5.10 Å². The van der Waals surface area contributed by atoms with Crippen LogP contribution in [0.15, 0.2) is 12.4 Å². The summed E-state index contributed by atoms with van der Waals surface area (Å²) in [5.74, 6) is 5.21. The van der Waals surface area contributed by atoms with E-state index in [1.54, 1.807) is 19.3 Å². The number of aliphatic hydroxyl groups excluding tert-OH is 1. The molecule has 0 amide bonds. The van der Waals surface area contributed by atoms with Gasteiger partial charge in [-0.2, -0.15) is 5.10 Å². The summed E-state index contributed by atoms with van der Waals surface area (Å²) in [4.78, 5) is 0. The Kier molecular flexibility index (Phi) is 2.08. The molecule has 10 heavy (non-hydrogen) atoms. The molecule has 0 spiro atoms. The molecule has 0 saturated heterocycles. The molecule has 1 unspecified atom stereocenters. The van der Waals surface area contributed by atoms with Crippen LogP contribution in [0.3, 0.4) is 0 Å². The Morgan fingerprint density at radius 3 is 3.10 bits per heavy atom. The van der Waals surface area contributed by atoms with E-state index < -0.39 is 6.10 Å². The van der Waals surface area contributed by atoms with E-state index in [0.717, 1.165) is 0 Å². The van der Waals surface area contributed by atoms with E-state index in [1.807, 2.05) is 0 Å². The fourth-order valence-corrected chi connectivity index (χ4v) is 0.630. The average Bonchev–Trinajstić information content (AvgIpc) is 2.38. The van der Waals surface area contributed by atoms with Crippen molar-refractivity contribution in [3.8, 4) is 11.8 Å². The van der Waals surface area contributed by atoms with Crippen molar-refractivity contribution in [3.05, 3.63) is 18.0 Å². The van der Waals surface area contributed by atoms with Gasteiger partial charge in [0, 0.05) is 11.8 Å². The predicted molar refractivity (Wildman–Crippen MR) is 37.0 cm³/mol. The Labute approximate surface area is 59.1 Å². The molecule has 0 bridgehead atoms. The van der Waals surface area contributed by atoms with E-state index in [4.69, 9.17) is 0 Å². The van der Waals surface area contributed by atoms with Gasteiger partial charge in [0.05, 0.1) is 6.20 Å². The molecule has 0 aliphatic carbocycles. The lowest BCUT2D eigenvalue weighted by atomic mass is 10.2. The molecule has 0 fully saturated rings. The Balaban J connectivity index is 2.74. The summed E-state index contributed by atoms with van der Waals surface area (Å²) in [7, 11) is 0. The fraction of sp³-hybridized carbons (Fsp3) is 0.286. The third kappa shape index (κ3) is 1.36. The van der Waals surface area contributed by atoms with E-state index in [2.05, 4.69) is 22.0 Å². The van der Waals surface area contributed by atoms with Gasteiger partial charge in [0.1, 0.15) is 6.10 Å². The van der Waals surface area contributed by atoms with Crippen molar-refractivity contribution in [2.45, 2.75) is 13.0 Å². The summed E-state index contributed by atoms with van der Waals surface area (Å²) < 4.78 is 0. The van der Waals surface area contributed by atoms with Crippen molar-refractivity contribution in [2.75, 3.05) is 0 Å². The number of H-pyrrole nitrogens is 1. The second kappa shape index (κ2) is 3.04. The van der Waals surface area contributed by atoms with E-state index >= 15 is 0 Å². The van der Waals surface area contributed by atoms with Gasteiger partial charge in [0.15, 0.2) is 0 Å². The summed E-state index contributed by atoms with van der Waals surface area (Å²) in [6, 6.07) is 0. The van der Waals surface area contributed by atoms with Gasteiger partial charge in [-0.05, 0) is 6.92 Å². The molecule has 1 aromatic heterocycles. The fourth-order valence-electron chi connectivity index (χ4n) is 0.630. The molecule has 1 rings (SSSR count). The molecule has 3 heteroatoms. The highest BCUT2D eigenvalue weighted by molar-refractivity contribution is 5.18. The summed E-state index contributed by atoms with van der Waals surface area (Å²) in [5.41, 5.74) is 0.703. The standard InChI is InChI=1S/C7H8N2O/c1-2-3-7(10)6-4-8-9-5-6/h4-5,7,10H,1H3,(H,8,9). The van der Waals surface area contributed by atoms with Crippen LogP contribution in [-0.4, -0.2) is 15.3 Å². The molecule has 0 aliphatic heterocycles. The van der Waals surface area contributed by atoms with Gasteiger partial charge in [-0.1, -0.05) is 5.92 Å². The van der Waals surface area contributed by atoms with Crippen LogP contribution in [0.25, 0.3) is 0 Å². The lowest BCUT2D eigenvalue weighted by molar-refractivity contribution is 0.238. The molecule has 0 aliphatic rings. The molecule has 1 aromatic rings. The summed E-state index contributed by atoms with van der Waals surface area (Å²) in [6.07, 6.45) is 2.47. The molecule has 2 N–H and O–H groups in total. The summed E-state index contributed by atoms with van der Waals surface area (Å²) in [6.45, 7) is 1.68. The number of aromatic amines is 1. The minimum atomic E-state index is -0.705. The third-order valence-electron chi connectivity index (χ3n) is 1.12. The lowest BCUT2D eigenvalue weighted by Crippen LogP contribution is -1.89. The number of aliphatic hydroxyl groups is 1. The number of aromatic nitrogens is 2. The highest BCUT2D eigenvalue weighted by Crippen LogP contribution is 2.07. The molecule has 0 radical (unpaired) electrons. The third-order valence-corrected chi connectivity index (χ3v) is 1.12. The minimum Gasteiger partial charge on any atom is -0.376 e. The van der Waals surface area contributed by atoms with Crippen molar-refractivity contribution < 1.29 is 5.11 Å². The van der Waals surface area contributed by atoms with E-state index in [-0.39, 0.29) is 0 Å². The van der Waals surface area contributed by atoms with Crippen LogP contribution < -0.4 is 0 Å². The molecule has 0 aromatic carbocycles. The Bertz CT molecular complexity index is 242. The van der Waals surface area contributed by atoms with Crippen LogP contribution in [0.2, 0.25) is 0 Å². The quantitative estimate of drug-likeness (QED) is 0.551. The van der Waals surface area contributed by atoms with Gasteiger partial charge >= 0.3 is 0 Å². The first-order chi connectivity index (χ1) is 4.84. The number of rotatable bonds is 1. The molecule has 52 valence electrons. The molecule has 3 nitrogen and oxygen atoms in total. The van der Waals surface area contributed by atoms with Crippen LogP contribution >= 0.6 is 0 Å². The Hall–Kier alpha value is -1.27. The van der Waals surface area contributed by atoms with Crippen molar-refractivity contribution in [2.24, 2.45) is 0 Å². The zero-order chi connectivity index (χ0) is 7.40. The first-order valence-corrected chi connectivity index (χ1v) is 2.93. The maximum absolute atomic E-state index is 9.18.